The lowest BCUT2D eigenvalue weighted by Gasteiger charge is -2.04. The van der Waals surface area contributed by atoms with Crippen LogP contribution in [0.3, 0.4) is 0 Å². The summed E-state index contributed by atoms with van der Waals surface area (Å²) in [5.74, 6) is -0.0944. The van der Waals surface area contributed by atoms with Crippen LogP contribution in [0.2, 0.25) is 10.0 Å². The van der Waals surface area contributed by atoms with E-state index in [2.05, 4.69) is 22.6 Å². The van der Waals surface area contributed by atoms with Crippen LogP contribution >= 0.6 is 45.8 Å². The molecular weight excluding hydrogens is 370 g/mol. The van der Waals surface area contributed by atoms with Gasteiger partial charge in [-0.3, -0.25) is 4.79 Å². The Morgan fingerprint density at radius 1 is 1.00 bits per heavy atom. The van der Waals surface area contributed by atoms with Crippen molar-refractivity contribution in [2.24, 2.45) is 0 Å². The van der Waals surface area contributed by atoms with Gasteiger partial charge in [-0.15, -0.1) is 0 Å². The summed E-state index contributed by atoms with van der Waals surface area (Å²) < 4.78 is 1.08. The van der Waals surface area contributed by atoms with Gasteiger partial charge >= 0.3 is 0 Å². The highest BCUT2D eigenvalue weighted by Crippen LogP contribution is 2.23. The molecule has 0 saturated carbocycles. The van der Waals surface area contributed by atoms with Crippen molar-refractivity contribution in [1.82, 2.24) is 0 Å². The molecule has 0 aliphatic rings. The predicted octanol–water partition coefficient (Wildman–Crippen LogP) is 4.83. The predicted molar refractivity (Wildman–Crippen MR) is 79.1 cm³/mol. The van der Waals surface area contributed by atoms with Gasteiger partial charge in [-0.2, -0.15) is 0 Å². The molecule has 0 heterocycles. The zero-order valence-electron chi connectivity index (χ0n) is 8.58. The van der Waals surface area contributed by atoms with Crippen molar-refractivity contribution in [2.45, 2.75) is 0 Å². The number of hydrogen-bond donors (Lipinski definition) is 0. The second kappa shape index (κ2) is 5.38. The Kier molecular flexibility index (Phi) is 4.07. The summed E-state index contributed by atoms with van der Waals surface area (Å²) in [6, 6.07) is 12.2. The van der Waals surface area contributed by atoms with Crippen LogP contribution in [0.5, 0.6) is 0 Å². The van der Waals surface area contributed by atoms with E-state index < -0.39 is 0 Å². The number of rotatable bonds is 2. The minimum absolute atomic E-state index is 0.0944. The molecule has 0 bridgehead atoms. The lowest BCUT2D eigenvalue weighted by molar-refractivity contribution is 0.103. The normalized spacial score (nSPS) is 10.3. The Morgan fingerprint density at radius 2 is 1.65 bits per heavy atom. The maximum atomic E-state index is 12.2. The molecule has 1 nitrogen and oxygen atoms in total. The topological polar surface area (TPSA) is 17.1 Å². The molecule has 0 fully saturated rings. The van der Waals surface area contributed by atoms with Gasteiger partial charge in [0.05, 0.1) is 5.02 Å². The van der Waals surface area contributed by atoms with Crippen molar-refractivity contribution in [2.75, 3.05) is 0 Å². The van der Waals surface area contributed by atoms with E-state index in [1.807, 2.05) is 12.1 Å². The Hall–Kier alpha value is -0.580. The van der Waals surface area contributed by atoms with Crippen LogP contribution < -0.4 is 0 Å². The molecule has 0 radical (unpaired) electrons. The van der Waals surface area contributed by atoms with Gasteiger partial charge in [-0.25, -0.2) is 0 Å². The van der Waals surface area contributed by atoms with E-state index in [0.717, 1.165) is 3.57 Å². The number of carbonyl (C=O) groups excluding carboxylic acids is 1. The first-order valence-electron chi connectivity index (χ1n) is 4.83. The molecule has 0 atom stereocenters. The Morgan fingerprint density at radius 3 is 2.24 bits per heavy atom. The van der Waals surface area contributed by atoms with Crippen molar-refractivity contribution in [3.8, 4) is 0 Å². The van der Waals surface area contributed by atoms with Crippen LogP contribution in [0.1, 0.15) is 15.9 Å². The fourth-order valence-electron chi connectivity index (χ4n) is 1.43. The first kappa shape index (κ1) is 12.9. The Bertz CT molecular complexity index is 564. The second-order valence-electron chi connectivity index (χ2n) is 3.46. The molecule has 0 N–H and O–H groups in total. The van der Waals surface area contributed by atoms with Crippen LogP contribution in [-0.4, -0.2) is 5.78 Å². The Labute approximate surface area is 123 Å². The number of carbonyl (C=O) groups is 1. The van der Waals surface area contributed by atoms with E-state index >= 15 is 0 Å². The zero-order chi connectivity index (χ0) is 12.4. The first-order valence-corrected chi connectivity index (χ1v) is 6.67. The summed E-state index contributed by atoms with van der Waals surface area (Å²) in [7, 11) is 0. The van der Waals surface area contributed by atoms with Crippen molar-refractivity contribution < 1.29 is 4.79 Å². The quantitative estimate of drug-likeness (QED) is 0.542. The fraction of sp³-hybridized carbons (Fsp3) is 0. The van der Waals surface area contributed by atoms with Gasteiger partial charge in [0.2, 0.25) is 0 Å². The van der Waals surface area contributed by atoms with Crippen LogP contribution in [-0.2, 0) is 0 Å². The summed E-state index contributed by atoms with van der Waals surface area (Å²) in [6.45, 7) is 0. The molecule has 86 valence electrons. The maximum Gasteiger partial charge on any atom is 0.194 e. The van der Waals surface area contributed by atoms with Gasteiger partial charge < -0.3 is 0 Å². The summed E-state index contributed by atoms with van der Waals surface area (Å²) in [5, 5.41) is 0.898. The van der Waals surface area contributed by atoms with E-state index in [0.29, 0.717) is 21.2 Å². The third kappa shape index (κ3) is 3.00. The maximum absolute atomic E-state index is 12.2. The number of hydrogen-bond acceptors (Lipinski definition) is 1. The van der Waals surface area contributed by atoms with Crippen LogP contribution in [0.4, 0.5) is 0 Å². The van der Waals surface area contributed by atoms with Gasteiger partial charge in [0.1, 0.15) is 0 Å². The molecule has 2 aromatic rings. The van der Waals surface area contributed by atoms with Crippen LogP contribution in [0.25, 0.3) is 0 Å². The second-order valence-corrected chi connectivity index (χ2v) is 5.55. The number of ketones is 1. The molecule has 0 spiro atoms. The molecule has 2 aromatic carbocycles. The van der Waals surface area contributed by atoms with Crippen molar-refractivity contribution in [3.05, 3.63) is 67.2 Å². The number of halogens is 3. The molecule has 4 heteroatoms. The van der Waals surface area contributed by atoms with Gasteiger partial charge in [0.25, 0.3) is 0 Å². The highest BCUT2D eigenvalue weighted by Gasteiger charge is 2.12. The molecule has 2 rings (SSSR count). The Balaban J connectivity index is 2.40. The molecule has 0 saturated heterocycles. The van der Waals surface area contributed by atoms with Gasteiger partial charge in [-0.1, -0.05) is 23.2 Å². The molecule has 0 aliphatic heterocycles. The fourth-order valence-corrected chi connectivity index (χ4v) is 2.28. The van der Waals surface area contributed by atoms with Crippen LogP contribution in [0, 0.1) is 3.57 Å². The average Bonchev–Trinajstić information content (AvgIpc) is 2.29. The molecule has 0 aliphatic carbocycles. The van der Waals surface area contributed by atoms with E-state index in [9.17, 15) is 4.79 Å². The van der Waals surface area contributed by atoms with Gasteiger partial charge in [0.15, 0.2) is 5.78 Å². The lowest BCUT2D eigenvalue weighted by atomic mass is 10.0. The van der Waals surface area contributed by atoms with Crippen molar-refractivity contribution >= 4 is 51.6 Å². The molecule has 0 unspecified atom stereocenters. The third-order valence-corrected chi connectivity index (χ3v) is 3.55. The number of benzene rings is 2. The lowest BCUT2D eigenvalue weighted by Crippen LogP contribution is -2.01. The first-order chi connectivity index (χ1) is 8.08. The average molecular weight is 377 g/mol. The van der Waals surface area contributed by atoms with E-state index in [1.54, 1.807) is 30.3 Å². The molecule has 0 amide bonds. The van der Waals surface area contributed by atoms with Gasteiger partial charge in [-0.05, 0) is 65.1 Å². The molecule has 0 aromatic heterocycles. The largest absolute Gasteiger partial charge is 0.289 e. The van der Waals surface area contributed by atoms with Crippen LogP contribution in [0.15, 0.2) is 42.5 Å². The standard InChI is InChI=1S/C13H7Cl2IO/c14-9-3-6-11(12(15)7-9)13(17)8-1-4-10(16)5-2-8/h1-7H. The monoisotopic (exact) mass is 376 g/mol. The highest BCUT2D eigenvalue weighted by atomic mass is 127. The minimum Gasteiger partial charge on any atom is -0.289 e. The summed E-state index contributed by atoms with van der Waals surface area (Å²) in [5.41, 5.74) is 1.09. The summed E-state index contributed by atoms with van der Waals surface area (Å²) in [4.78, 5) is 12.2. The van der Waals surface area contributed by atoms with Gasteiger partial charge in [0, 0.05) is 19.7 Å². The van der Waals surface area contributed by atoms with E-state index in [4.69, 9.17) is 23.2 Å². The summed E-state index contributed by atoms with van der Waals surface area (Å²) >= 11 is 14.0. The molecular formula is C13H7Cl2IO. The minimum atomic E-state index is -0.0944. The highest BCUT2D eigenvalue weighted by molar-refractivity contribution is 14.1. The smallest absolute Gasteiger partial charge is 0.194 e. The molecule has 17 heavy (non-hydrogen) atoms. The summed E-state index contributed by atoms with van der Waals surface area (Å²) in [6.07, 6.45) is 0. The van der Waals surface area contributed by atoms with E-state index in [-0.39, 0.29) is 5.78 Å². The van der Waals surface area contributed by atoms with Crippen molar-refractivity contribution in [3.63, 3.8) is 0 Å². The third-order valence-electron chi connectivity index (χ3n) is 2.28. The van der Waals surface area contributed by atoms with E-state index in [1.165, 1.54) is 0 Å². The van der Waals surface area contributed by atoms with Crippen molar-refractivity contribution in [1.29, 1.82) is 0 Å². The zero-order valence-corrected chi connectivity index (χ0v) is 12.3. The SMILES string of the molecule is O=C(c1ccc(I)cc1)c1ccc(Cl)cc1Cl.